The van der Waals surface area contributed by atoms with Gasteiger partial charge in [0.05, 0.1) is 0 Å². The summed E-state index contributed by atoms with van der Waals surface area (Å²) in [4.78, 5) is 14.9. The minimum absolute atomic E-state index is 0.0870. The number of aromatic nitrogens is 2. The first-order valence-corrected chi connectivity index (χ1v) is 8.18. The molecule has 0 amide bonds. The number of carbonyl (C=O) groups is 1. The number of hydrogen-bond acceptors (Lipinski definition) is 6. The lowest BCUT2D eigenvalue weighted by Gasteiger charge is -2.41. The van der Waals surface area contributed by atoms with Gasteiger partial charge in [-0.3, -0.25) is 4.79 Å². The molecule has 0 atom stereocenters. The lowest BCUT2D eigenvalue weighted by Crippen LogP contribution is -2.38. The van der Waals surface area contributed by atoms with Gasteiger partial charge >= 0.3 is 5.97 Å². The summed E-state index contributed by atoms with van der Waals surface area (Å²) < 4.78 is 11.1. The van der Waals surface area contributed by atoms with Gasteiger partial charge in [-0.2, -0.15) is 4.98 Å². The van der Waals surface area contributed by atoms with Crippen molar-refractivity contribution in [3.8, 4) is 0 Å². The predicted molar refractivity (Wildman–Crippen MR) is 78.2 cm³/mol. The van der Waals surface area contributed by atoms with Gasteiger partial charge < -0.3 is 14.4 Å². The number of carboxylic acid groups (broad SMARTS) is 1. The first kappa shape index (κ1) is 16.3. The van der Waals surface area contributed by atoms with Crippen LogP contribution in [0.2, 0.25) is 0 Å². The minimum Gasteiger partial charge on any atom is -0.481 e. The van der Waals surface area contributed by atoms with Crippen LogP contribution < -0.4 is 0 Å². The summed E-state index contributed by atoms with van der Waals surface area (Å²) in [5, 5.41) is 13.0. The van der Waals surface area contributed by atoms with E-state index in [2.05, 4.69) is 24.0 Å². The Morgan fingerprint density at radius 3 is 2.62 bits per heavy atom. The van der Waals surface area contributed by atoms with Gasteiger partial charge in [-0.1, -0.05) is 30.8 Å². The molecule has 1 aliphatic rings. The maximum absolute atomic E-state index is 10.6. The largest absolute Gasteiger partial charge is 0.481 e. The zero-order valence-electron chi connectivity index (χ0n) is 12.7. The second-order valence-corrected chi connectivity index (χ2v) is 7.08. The lowest BCUT2D eigenvalue weighted by atomic mass is 9.70. The van der Waals surface area contributed by atoms with Crippen LogP contribution in [0.15, 0.2) is 9.75 Å². The van der Waals surface area contributed by atoms with E-state index in [0.29, 0.717) is 17.8 Å². The number of rotatable bonds is 6. The van der Waals surface area contributed by atoms with Gasteiger partial charge in [-0.25, -0.2) is 0 Å². The van der Waals surface area contributed by atoms with Crippen molar-refractivity contribution in [3.63, 3.8) is 0 Å². The SMILES string of the molecule is CCOC1(c2noc(SCC(=O)O)n2)CCC(C)(C)CC1. The van der Waals surface area contributed by atoms with Crippen LogP contribution in [-0.4, -0.2) is 33.6 Å². The topological polar surface area (TPSA) is 85.5 Å². The fourth-order valence-electron chi connectivity index (χ4n) is 2.62. The summed E-state index contributed by atoms with van der Waals surface area (Å²) in [5.41, 5.74) is -0.180. The number of ether oxygens (including phenoxy) is 1. The van der Waals surface area contributed by atoms with E-state index in [1.165, 1.54) is 0 Å². The van der Waals surface area contributed by atoms with Gasteiger partial charge in [0.2, 0.25) is 5.82 Å². The van der Waals surface area contributed by atoms with E-state index in [0.717, 1.165) is 37.4 Å². The quantitative estimate of drug-likeness (QED) is 0.807. The van der Waals surface area contributed by atoms with Crippen molar-refractivity contribution in [1.82, 2.24) is 10.1 Å². The van der Waals surface area contributed by atoms with Crippen molar-refractivity contribution >= 4 is 17.7 Å². The third kappa shape index (κ3) is 3.97. The third-order valence-corrected chi connectivity index (χ3v) is 4.77. The highest BCUT2D eigenvalue weighted by Gasteiger charge is 2.43. The summed E-state index contributed by atoms with van der Waals surface area (Å²) in [6, 6.07) is 0. The van der Waals surface area contributed by atoms with Crippen molar-refractivity contribution in [2.75, 3.05) is 12.4 Å². The first-order chi connectivity index (χ1) is 9.87. The first-order valence-electron chi connectivity index (χ1n) is 7.20. The molecular formula is C14H22N2O4S. The lowest BCUT2D eigenvalue weighted by molar-refractivity contribution is -0.133. The van der Waals surface area contributed by atoms with E-state index in [9.17, 15) is 4.79 Å². The Bertz CT molecular complexity index is 491. The van der Waals surface area contributed by atoms with Gasteiger partial charge in [0.1, 0.15) is 11.4 Å². The van der Waals surface area contributed by atoms with E-state index in [-0.39, 0.29) is 11.0 Å². The van der Waals surface area contributed by atoms with Crippen molar-refractivity contribution in [1.29, 1.82) is 0 Å². The van der Waals surface area contributed by atoms with Crippen LogP contribution in [0.25, 0.3) is 0 Å². The molecule has 1 aromatic heterocycles. The Labute approximate surface area is 128 Å². The van der Waals surface area contributed by atoms with Gasteiger partial charge in [0.15, 0.2) is 0 Å². The molecular weight excluding hydrogens is 292 g/mol. The molecule has 1 saturated carbocycles. The fourth-order valence-corrected chi connectivity index (χ4v) is 3.10. The maximum atomic E-state index is 10.6. The van der Waals surface area contributed by atoms with Crippen LogP contribution in [0.4, 0.5) is 0 Å². The number of nitrogens with zero attached hydrogens (tertiary/aromatic N) is 2. The molecule has 0 radical (unpaired) electrons. The summed E-state index contributed by atoms with van der Waals surface area (Å²) in [7, 11) is 0. The summed E-state index contributed by atoms with van der Waals surface area (Å²) in [6.07, 6.45) is 3.80. The van der Waals surface area contributed by atoms with E-state index in [1.54, 1.807) is 0 Å². The predicted octanol–water partition coefficient (Wildman–Crippen LogP) is 3.08. The monoisotopic (exact) mass is 314 g/mol. The van der Waals surface area contributed by atoms with Crippen LogP contribution in [0.3, 0.4) is 0 Å². The van der Waals surface area contributed by atoms with Crippen LogP contribution in [0.5, 0.6) is 0 Å². The van der Waals surface area contributed by atoms with Crippen LogP contribution in [0, 0.1) is 5.41 Å². The Hall–Kier alpha value is -1.08. The van der Waals surface area contributed by atoms with E-state index in [4.69, 9.17) is 14.4 Å². The molecule has 1 heterocycles. The van der Waals surface area contributed by atoms with Gasteiger partial charge in [0, 0.05) is 6.61 Å². The van der Waals surface area contributed by atoms with E-state index in [1.807, 2.05) is 6.92 Å². The van der Waals surface area contributed by atoms with Gasteiger partial charge in [-0.15, -0.1) is 0 Å². The van der Waals surface area contributed by atoms with E-state index < -0.39 is 11.6 Å². The number of carboxylic acids is 1. The highest BCUT2D eigenvalue weighted by molar-refractivity contribution is 7.99. The second kappa shape index (κ2) is 6.36. The van der Waals surface area contributed by atoms with Crippen molar-refractivity contribution < 1.29 is 19.2 Å². The average Bonchev–Trinajstić information content (AvgIpc) is 2.89. The molecule has 0 bridgehead atoms. The molecule has 0 aliphatic heterocycles. The third-order valence-electron chi connectivity index (χ3n) is 3.97. The molecule has 7 heteroatoms. The van der Waals surface area contributed by atoms with Crippen LogP contribution in [0.1, 0.15) is 52.3 Å². The van der Waals surface area contributed by atoms with Crippen molar-refractivity contribution in [2.24, 2.45) is 5.41 Å². The molecule has 0 aromatic carbocycles. The van der Waals surface area contributed by atoms with Gasteiger partial charge in [-0.05, 0) is 38.0 Å². The molecule has 6 nitrogen and oxygen atoms in total. The Morgan fingerprint density at radius 2 is 2.05 bits per heavy atom. The highest BCUT2D eigenvalue weighted by atomic mass is 32.2. The zero-order valence-corrected chi connectivity index (χ0v) is 13.5. The zero-order chi connectivity index (χ0) is 15.5. The summed E-state index contributed by atoms with van der Waals surface area (Å²) in [6.45, 7) is 7.06. The molecule has 118 valence electrons. The van der Waals surface area contributed by atoms with Crippen molar-refractivity contribution in [2.45, 2.75) is 57.3 Å². The Morgan fingerprint density at radius 1 is 1.38 bits per heavy atom. The molecule has 1 aliphatic carbocycles. The molecule has 0 saturated heterocycles. The normalized spacial score (nSPS) is 20.3. The molecule has 21 heavy (non-hydrogen) atoms. The molecule has 1 aromatic rings. The molecule has 2 rings (SSSR count). The van der Waals surface area contributed by atoms with Crippen LogP contribution in [-0.2, 0) is 15.1 Å². The average molecular weight is 314 g/mol. The molecule has 1 N–H and O–H groups in total. The van der Waals surface area contributed by atoms with E-state index >= 15 is 0 Å². The Kier molecular flexibility index (Phi) is 4.93. The second-order valence-electron chi connectivity index (χ2n) is 6.16. The number of thioether (sulfide) groups is 1. The molecule has 0 unspecified atom stereocenters. The van der Waals surface area contributed by atoms with Crippen LogP contribution >= 0.6 is 11.8 Å². The standard InChI is InChI=1S/C14H22N2O4S/c1-4-19-14(7-5-13(2,3)6-8-14)11-15-12(20-16-11)21-9-10(17)18/h4-9H2,1-3H3,(H,17,18). The Balaban J connectivity index is 2.13. The maximum Gasteiger partial charge on any atom is 0.314 e. The van der Waals surface area contributed by atoms with Gasteiger partial charge in [0.25, 0.3) is 5.22 Å². The number of aliphatic carboxylic acids is 1. The summed E-state index contributed by atoms with van der Waals surface area (Å²) in [5.74, 6) is -0.442. The number of hydrogen-bond donors (Lipinski definition) is 1. The van der Waals surface area contributed by atoms with Crippen molar-refractivity contribution in [3.05, 3.63) is 5.82 Å². The highest BCUT2D eigenvalue weighted by Crippen LogP contribution is 2.46. The smallest absolute Gasteiger partial charge is 0.314 e. The summed E-state index contributed by atoms with van der Waals surface area (Å²) >= 11 is 1.03. The fraction of sp³-hybridized carbons (Fsp3) is 0.786. The minimum atomic E-state index is -0.904. The molecule has 0 spiro atoms. The molecule has 1 fully saturated rings.